The number of nitrogens with one attached hydrogen (secondary N) is 1. The van der Waals surface area contributed by atoms with Gasteiger partial charge in [-0.15, -0.1) is 0 Å². The summed E-state index contributed by atoms with van der Waals surface area (Å²) < 4.78 is 3.98. The first-order chi connectivity index (χ1) is 16.5. The Bertz CT molecular complexity index is 1160. The second kappa shape index (κ2) is 10.4. The molecule has 1 saturated carbocycles. The van der Waals surface area contributed by atoms with Gasteiger partial charge in [-0.2, -0.15) is 4.37 Å². The molecule has 3 amide bonds. The van der Waals surface area contributed by atoms with E-state index in [2.05, 4.69) is 14.7 Å². The molecule has 3 aromatic rings. The smallest absolute Gasteiger partial charge is 0.270 e. The first-order valence-electron chi connectivity index (χ1n) is 11.1. The monoisotopic (exact) mass is 478 g/mol. The molecule has 10 heteroatoms. The molecule has 1 atom stereocenters. The highest BCUT2D eigenvalue weighted by Gasteiger charge is 2.39. The largest absolute Gasteiger partial charge is 0.395 e. The van der Waals surface area contributed by atoms with Crippen molar-refractivity contribution in [3.8, 4) is 0 Å². The molecule has 34 heavy (non-hydrogen) atoms. The van der Waals surface area contributed by atoms with Crippen LogP contribution in [0.25, 0.3) is 0 Å². The average molecular weight is 479 g/mol. The first-order valence-corrected chi connectivity index (χ1v) is 11.8. The van der Waals surface area contributed by atoms with Crippen LogP contribution in [0.4, 0.5) is 5.69 Å². The number of carbonyl (C=O) groups excluding carboxylic acids is 3. The normalized spacial score (nSPS) is 14.5. The van der Waals surface area contributed by atoms with Gasteiger partial charge in [0.05, 0.1) is 5.69 Å². The van der Waals surface area contributed by atoms with E-state index in [-0.39, 0.29) is 28.2 Å². The summed E-state index contributed by atoms with van der Waals surface area (Å²) in [6, 6.07) is 12.0. The maximum atomic E-state index is 13.9. The minimum Gasteiger partial charge on any atom is -0.395 e. The zero-order valence-electron chi connectivity index (χ0n) is 18.5. The minimum atomic E-state index is -0.902. The van der Waals surface area contributed by atoms with E-state index in [1.54, 1.807) is 29.4 Å². The Hall–Kier alpha value is -3.79. The van der Waals surface area contributed by atoms with Gasteiger partial charge in [0.25, 0.3) is 11.8 Å². The molecule has 2 heterocycles. The topological polar surface area (TPSA) is 144 Å². The van der Waals surface area contributed by atoms with E-state index in [4.69, 9.17) is 11.5 Å². The highest BCUT2D eigenvalue weighted by Crippen LogP contribution is 2.35. The van der Waals surface area contributed by atoms with Gasteiger partial charge in [-0.1, -0.05) is 43.2 Å². The molecule has 1 aliphatic carbocycles. The fourth-order valence-corrected chi connectivity index (χ4v) is 5.04. The molecule has 2 aromatic heterocycles. The molecule has 0 aliphatic heterocycles. The van der Waals surface area contributed by atoms with Crippen molar-refractivity contribution in [3.05, 3.63) is 76.6 Å². The Morgan fingerprint density at radius 2 is 1.76 bits per heavy atom. The van der Waals surface area contributed by atoms with E-state index >= 15 is 0 Å². The summed E-state index contributed by atoms with van der Waals surface area (Å²) >= 11 is 0.823. The van der Waals surface area contributed by atoms with Gasteiger partial charge in [0.1, 0.15) is 10.9 Å². The van der Waals surface area contributed by atoms with Crippen molar-refractivity contribution in [1.82, 2.24) is 19.6 Å². The molecule has 176 valence electrons. The van der Waals surface area contributed by atoms with Crippen LogP contribution in [0.2, 0.25) is 0 Å². The Kier molecular flexibility index (Phi) is 7.17. The van der Waals surface area contributed by atoms with Gasteiger partial charge in [-0.3, -0.25) is 19.4 Å². The van der Waals surface area contributed by atoms with Crippen molar-refractivity contribution < 1.29 is 14.4 Å². The summed E-state index contributed by atoms with van der Waals surface area (Å²) in [6.45, 7) is 0.322. The molecule has 1 fully saturated rings. The second-order valence-corrected chi connectivity index (χ2v) is 8.95. The number of nitrogens with two attached hydrogens (primary N) is 2. The van der Waals surface area contributed by atoms with E-state index in [1.165, 1.54) is 0 Å². The van der Waals surface area contributed by atoms with Crippen LogP contribution in [0.5, 0.6) is 0 Å². The van der Waals surface area contributed by atoms with E-state index < -0.39 is 17.9 Å². The Morgan fingerprint density at radius 3 is 2.38 bits per heavy atom. The Morgan fingerprint density at radius 1 is 1.09 bits per heavy atom. The van der Waals surface area contributed by atoms with Crippen LogP contribution >= 0.6 is 11.5 Å². The van der Waals surface area contributed by atoms with Crippen molar-refractivity contribution >= 4 is 34.9 Å². The summed E-state index contributed by atoms with van der Waals surface area (Å²) in [5, 5.41) is 2.98. The molecular formula is C24H26N6O3S. The van der Waals surface area contributed by atoms with Crippen molar-refractivity contribution in [2.24, 2.45) is 5.73 Å². The number of anilines is 1. The van der Waals surface area contributed by atoms with Crippen LogP contribution in [0.15, 0.2) is 54.9 Å². The first kappa shape index (κ1) is 23.4. The summed E-state index contributed by atoms with van der Waals surface area (Å²) in [4.78, 5) is 44.9. The van der Waals surface area contributed by atoms with Gasteiger partial charge < -0.3 is 21.7 Å². The summed E-state index contributed by atoms with van der Waals surface area (Å²) in [5.41, 5.74) is 12.8. The summed E-state index contributed by atoms with van der Waals surface area (Å²) in [6.07, 6.45) is 6.62. The SMILES string of the molecule is NC(=O)c1nsc(C(=O)N(C2CCCC2)[C@@H](C(=O)NCc2ccccc2)c2ccncc2)c1N. The van der Waals surface area contributed by atoms with Crippen LogP contribution < -0.4 is 16.8 Å². The van der Waals surface area contributed by atoms with Gasteiger partial charge in [-0.05, 0) is 47.6 Å². The third kappa shape index (κ3) is 4.91. The zero-order chi connectivity index (χ0) is 24.1. The molecule has 5 N–H and O–H groups in total. The molecule has 1 aromatic carbocycles. The van der Waals surface area contributed by atoms with Crippen molar-refractivity contribution in [2.45, 2.75) is 44.3 Å². The van der Waals surface area contributed by atoms with Crippen LogP contribution in [0.1, 0.15) is 63.0 Å². The fourth-order valence-electron chi connectivity index (χ4n) is 4.29. The van der Waals surface area contributed by atoms with Gasteiger partial charge in [-0.25, -0.2) is 0 Å². The minimum absolute atomic E-state index is 0.0522. The molecule has 0 unspecified atom stereocenters. The Labute approximate surface area is 201 Å². The molecule has 9 nitrogen and oxygen atoms in total. The lowest BCUT2D eigenvalue weighted by Gasteiger charge is -2.35. The molecule has 4 rings (SSSR count). The fraction of sp³-hybridized carbons (Fsp3) is 0.292. The maximum Gasteiger partial charge on any atom is 0.270 e. The number of nitrogens with zero attached hydrogens (tertiary/aromatic N) is 3. The number of carbonyl (C=O) groups is 3. The third-order valence-electron chi connectivity index (χ3n) is 5.97. The zero-order valence-corrected chi connectivity index (χ0v) is 19.3. The van der Waals surface area contributed by atoms with Crippen molar-refractivity contribution in [2.75, 3.05) is 5.73 Å². The lowest BCUT2D eigenvalue weighted by molar-refractivity contribution is -0.126. The number of hydrogen-bond acceptors (Lipinski definition) is 7. The predicted molar refractivity (Wildman–Crippen MR) is 129 cm³/mol. The van der Waals surface area contributed by atoms with Gasteiger partial charge in [0.15, 0.2) is 5.69 Å². The number of benzene rings is 1. The van der Waals surface area contributed by atoms with Crippen molar-refractivity contribution in [3.63, 3.8) is 0 Å². The number of hydrogen-bond donors (Lipinski definition) is 3. The maximum absolute atomic E-state index is 13.9. The number of pyridine rings is 1. The molecule has 0 saturated heterocycles. The lowest BCUT2D eigenvalue weighted by Crippen LogP contribution is -2.48. The highest BCUT2D eigenvalue weighted by molar-refractivity contribution is 7.09. The number of primary amides is 1. The van der Waals surface area contributed by atoms with Crippen LogP contribution in [-0.2, 0) is 11.3 Å². The van der Waals surface area contributed by atoms with E-state index in [9.17, 15) is 14.4 Å². The van der Waals surface area contributed by atoms with Crippen LogP contribution in [-0.4, -0.2) is 38.0 Å². The number of nitrogen functional groups attached to an aromatic ring is 1. The number of aromatic nitrogens is 2. The van der Waals surface area contributed by atoms with Gasteiger partial charge in [0, 0.05) is 25.0 Å². The second-order valence-electron chi connectivity index (χ2n) is 8.18. The summed E-state index contributed by atoms with van der Waals surface area (Å²) in [5.74, 6) is -1.55. The molecule has 0 bridgehead atoms. The standard InChI is InChI=1S/C24H26N6O3S/c25-18-19(22(26)31)29-34-21(18)24(33)30(17-8-4-5-9-17)20(16-10-12-27-13-11-16)23(32)28-14-15-6-2-1-3-7-15/h1-3,6-7,10-13,17,20H,4-5,8-9,14,25H2,(H2,26,31)(H,28,32)/t20-/m1/s1. The highest BCUT2D eigenvalue weighted by atomic mass is 32.1. The average Bonchev–Trinajstić information content (AvgIpc) is 3.51. The quantitative estimate of drug-likeness (QED) is 0.454. The molecular weight excluding hydrogens is 452 g/mol. The lowest BCUT2D eigenvalue weighted by atomic mass is 10.0. The van der Waals surface area contributed by atoms with E-state index in [1.807, 2.05) is 30.3 Å². The van der Waals surface area contributed by atoms with Gasteiger partial charge in [0.2, 0.25) is 5.91 Å². The van der Waals surface area contributed by atoms with E-state index in [0.29, 0.717) is 12.1 Å². The Balaban J connectivity index is 1.72. The van der Waals surface area contributed by atoms with Crippen LogP contribution in [0.3, 0.4) is 0 Å². The van der Waals surface area contributed by atoms with Gasteiger partial charge >= 0.3 is 0 Å². The number of rotatable bonds is 8. The van der Waals surface area contributed by atoms with Crippen LogP contribution in [0, 0.1) is 0 Å². The molecule has 0 spiro atoms. The molecule has 0 radical (unpaired) electrons. The third-order valence-corrected chi connectivity index (χ3v) is 6.82. The molecule has 1 aliphatic rings. The summed E-state index contributed by atoms with van der Waals surface area (Å²) in [7, 11) is 0. The predicted octanol–water partition coefficient (Wildman–Crippen LogP) is 2.66. The van der Waals surface area contributed by atoms with Crippen molar-refractivity contribution in [1.29, 1.82) is 0 Å². The number of amides is 3. The van der Waals surface area contributed by atoms with E-state index in [0.717, 1.165) is 42.8 Å².